The van der Waals surface area contributed by atoms with E-state index in [0.717, 1.165) is 53.6 Å². The first-order valence-corrected chi connectivity index (χ1v) is 8.47. The quantitative estimate of drug-likeness (QED) is 0.740. The molecule has 0 unspecified atom stereocenters. The van der Waals surface area contributed by atoms with Gasteiger partial charge in [-0.3, -0.25) is 4.98 Å². The van der Waals surface area contributed by atoms with Gasteiger partial charge in [0.15, 0.2) is 11.6 Å². The van der Waals surface area contributed by atoms with E-state index in [2.05, 4.69) is 27.7 Å². The summed E-state index contributed by atoms with van der Waals surface area (Å²) in [6, 6.07) is 5.81. The Morgan fingerprint density at radius 2 is 2.24 bits per heavy atom. The second kappa shape index (κ2) is 6.60. The zero-order chi connectivity index (χ0) is 17.2. The Kier molecular flexibility index (Phi) is 4.15. The predicted octanol–water partition coefficient (Wildman–Crippen LogP) is 2.87. The van der Waals surface area contributed by atoms with Gasteiger partial charge in [-0.25, -0.2) is 9.97 Å². The normalized spacial score (nSPS) is 14.3. The fourth-order valence-corrected chi connectivity index (χ4v) is 2.89. The Balaban J connectivity index is 1.67. The van der Waals surface area contributed by atoms with Gasteiger partial charge in [0, 0.05) is 42.7 Å². The number of pyridine rings is 1. The Hall–Kier alpha value is -2.80. The molecule has 0 bridgehead atoms. The highest BCUT2D eigenvalue weighted by atomic mass is 16.5. The van der Waals surface area contributed by atoms with Gasteiger partial charge < -0.3 is 15.2 Å². The summed E-state index contributed by atoms with van der Waals surface area (Å²) >= 11 is 0. The number of nitrogens with one attached hydrogen (secondary N) is 2. The van der Waals surface area contributed by atoms with Crippen molar-refractivity contribution in [1.29, 1.82) is 0 Å². The van der Waals surface area contributed by atoms with Crippen LogP contribution in [-0.2, 0) is 19.5 Å². The molecule has 7 heteroatoms. The smallest absolute Gasteiger partial charge is 0.163 e. The van der Waals surface area contributed by atoms with Crippen molar-refractivity contribution >= 4 is 5.82 Å². The SMILES string of the molecule is CCc1cc([C@H](C)Nc2nc(-c3cccnc3)nc3c2CNC3)on1. The third kappa shape index (κ3) is 3.10. The Morgan fingerprint density at radius 3 is 3.00 bits per heavy atom. The van der Waals surface area contributed by atoms with Gasteiger partial charge in [-0.1, -0.05) is 12.1 Å². The Morgan fingerprint density at radius 1 is 1.32 bits per heavy atom. The molecule has 3 aromatic rings. The van der Waals surface area contributed by atoms with Gasteiger partial charge >= 0.3 is 0 Å². The second-order valence-electron chi connectivity index (χ2n) is 6.11. The van der Waals surface area contributed by atoms with Gasteiger partial charge in [0.05, 0.1) is 17.4 Å². The second-order valence-corrected chi connectivity index (χ2v) is 6.11. The summed E-state index contributed by atoms with van der Waals surface area (Å²) in [4.78, 5) is 13.6. The van der Waals surface area contributed by atoms with E-state index in [1.54, 1.807) is 12.4 Å². The van der Waals surface area contributed by atoms with Crippen molar-refractivity contribution in [3.05, 3.63) is 53.3 Å². The maximum atomic E-state index is 5.44. The molecule has 1 atom stereocenters. The lowest BCUT2D eigenvalue weighted by Gasteiger charge is -2.15. The molecule has 0 radical (unpaired) electrons. The van der Waals surface area contributed by atoms with Crippen molar-refractivity contribution in [2.24, 2.45) is 0 Å². The third-order valence-corrected chi connectivity index (χ3v) is 4.33. The van der Waals surface area contributed by atoms with Crippen LogP contribution in [0.3, 0.4) is 0 Å². The van der Waals surface area contributed by atoms with Crippen LogP contribution in [0.5, 0.6) is 0 Å². The van der Waals surface area contributed by atoms with Crippen molar-refractivity contribution in [3.63, 3.8) is 0 Å². The van der Waals surface area contributed by atoms with E-state index in [1.807, 2.05) is 25.1 Å². The molecule has 7 nitrogen and oxygen atoms in total. The van der Waals surface area contributed by atoms with Gasteiger partial charge in [0.1, 0.15) is 5.82 Å². The van der Waals surface area contributed by atoms with E-state index >= 15 is 0 Å². The zero-order valence-corrected chi connectivity index (χ0v) is 14.3. The molecule has 0 fully saturated rings. The fourth-order valence-electron chi connectivity index (χ4n) is 2.89. The third-order valence-electron chi connectivity index (χ3n) is 4.33. The maximum Gasteiger partial charge on any atom is 0.163 e. The predicted molar refractivity (Wildman–Crippen MR) is 93.7 cm³/mol. The van der Waals surface area contributed by atoms with E-state index in [4.69, 9.17) is 14.5 Å². The maximum absolute atomic E-state index is 5.44. The first-order valence-electron chi connectivity index (χ1n) is 8.47. The first kappa shape index (κ1) is 15.7. The first-order chi connectivity index (χ1) is 12.2. The summed E-state index contributed by atoms with van der Waals surface area (Å²) in [5, 5.41) is 10.9. The average Bonchev–Trinajstić information content (AvgIpc) is 3.31. The van der Waals surface area contributed by atoms with Crippen LogP contribution in [0.4, 0.5) is 5.82 Å². The Bertz CT molecular complexity index is 877. The number of fused-ring (bicyclic) bond motifs is 1. The topological polar surface area (TPSA) is 88.8 Å². The molecular weight excluding hydrogens is 316 g/mol. The molecular formula is C18H20N6O. The van der Waals surface area contributed by atoms with Crippen molar-refractivity contribution in [2.75, 3.05) is 5.32 Å². The minimum Gasteiger partial charge on any atom is -0.360 e. The molecule has 0 amide bonds. The monoisotopic (exact) mass is 336 g/mol. The van der Waals surface area contributed by atoms with Crippen molar-refractivity contribution < 1.29 is 4.52 Å². The highest BCUT2D eigenvalue weighted by Crippen LogP contribution is 2.28. The summed E-state index contributed by atoms with van der Waals surface area (Å²) in [5.41, 5.74) is 3.99. The molecule has 1 aliphatic rings. The average molecular weight is 336 g/mol. The van der Waals surface area contributed by atoms with E-state index < -0.39 is 0 Å². The minimum absolute atomic E-state index is 0.0332. The molecule has 3 aromatic heterocycles. The van der Waals surface area contributed by atoms with Crippen molar-refractivity contribution in [2.45, 2.75) is 39.4 Å². The zero-order valence-electron chi connectivity index (χ0n) is 14.3. The summed E-state index contributed by atoms with van der Waals surface area (Å²) in [5.74, 6) is 2.31. The molecule has 128 valence electrons. The lowest BCUT2D eigenvalue weighted by atomic mass is 10.2. The van der Waals surface area contributed by atoms with Crippen molar-refractivity contribution in [1.82, 2.24) is 25.4 Å². The molecule has 0 saturated carbocycles. The highest BCUT2D eigenvalue weighted by molar-refractivity contribution is 5.60. The van der Waals surface area contributed by atoms with E-state index in [0.29, 0.717) is 5.82 Å². The van der Waals surface area contributed by atoms with E-state index in [-0.39, 0.29) is 6.04 Å². The molecule has 25 heavy (non-hydrogen) atoms. The van der Waals surface area contributed by atoms with Crippen LogP contribution in [0.25, 0.3) is 11.4 Å². The highest BCUT2D eigenvalue weighted by Gasteiger charge is 2.22. The Labute approximate surface area is 145 Å². The van der Waals surface area contributed by atoms with E-state index in [1.165, 1.54) is 0 Å². The van der Waals surface area contributed by atoms with Gasteiger partial charge in [-0.15, -0.1) is 0 Å². The number of aryl methyl sites for hydroxylation is 1. The van der Waals surface area contributed by atoms with Gasteiger partial charge in [0.2, 0.25) is 0 Å². The van der Waals surface area contributed by atoms with Crippen LogP contribution in [0.1, 0.15) is 42.6 Å². The standard InChI is InChI=1S/C18H20N6O/c1-3-13-7-16(25-24-13)11(2)21-18-14-9-20-10-15(14)22-17(23-18)12-5-4-6-19-8-12/h4-8,11,20H,3,9-10H2,1-2H3,(H,21,22,23)/t11-/m0/s1. The number of aromatic nitrogens is 4. The number of hydrogen-bond acceptors (Lipinski definition) is 7. The number of anilines is 1. The molecule has 1 aliphatic heterocycles. The lowest BCUT2D eigenvalue weighted by Crippen LogP contribution is -2.11. The molecule has 0 aliphatic carbocycles. The van der Waals surface area contributed by atoms with Gasteiger partial charge in [-0.2, -0.15) is 0 Å². The van der Waals surface area contributed by atoms with Gasteiger partial charge in [0.25, 0.3) is 0 Å². The minimum atomic E-state index is -0.0332. The number of nitrogens with zero attached hydrogens (tertiary/aromatic N) is 4. The van der Waals surface area contributed by atoms with Crippen LogP contribution in [0, 0.1) is 0 Å². The van der Waals surface area contributed by atoms with Crippen molar-refractivity contribution in [3.8, 4) is 11.4 Å². The van der Waals surface area contributed by atoms with Crippen LogP contribution < -0.4 is 10.6 Å². The van der Waals surface area contributed by atoms with Gasteiger partial charge in [-0.05, 0) is 25.5 Å². The number of rotatable bonds is 5. The summed E-state index contributed by atoms with van der Waals surface area (Å²) in [6.45, 7) is 5.61. The van der Waals surface area contributed by atoms with Crippen LogP contribution in [0.15, 0.2) is 35.1 Å². The number of hydrogen-bond donors (Lipinski definition) is 2. The molecule has 0 saturated heterocycles. The summed E-state index contributed by atoms with van der Waals surface area (Å²) in [7, 11) is 0. The molecule has 0 aromatic carbocycles. The van der Waals surface area contributed by atoms with Crippen LogP contribution >= 0.6 is 0 Å². The fraction of sp³-hybridized carbons (Fsp3) is 0.333. The van der Waals surface area contributed by atoms with Crippen LogP contribution in [-0.4, -0.2) is 20.1 Å². The van der Waals surface area contributed by atoms with E-state index in [9.17, 15) is 0 Å². The van der Waals surface area contributed by atoms with Crippen LogP contribution in [0.2, 0.25) is 0 Å². The molecule has 4 heterocycles. The molecule has 0 spiro atoms. The summed E-state index contributed by atoms with van der Waals surface area (Å²) in [6.07, 6.45) is 4.38. The molecule has 2 N–H and O–H groups in total. The largest absolute Gasteiger partial charge is 0.360 e. The lowest BCUT2D eigenvalue weighted by molar-refractivity contribution is 0.368. The molecule has 4 rings (SSSR count). The summed E-state index contributed by atoms with van der Waals surface area (Å²) < 4.78 is 5.44.